The van der Waals surface area contributed by atoms with Crippen LogP contribution in [0.3, 0.4) is 0 Å². The number of amides is 1. The first-order valence-corrected chi connectivity index (χ1v) is 15.4. The number of likely N-dealkylation sites (tertiary alicyclic amines) is 1. The van der Waals surface area contributed by atoms with E-state index < -0.39 is 11.6 Å². The van der Waals surface area contributed by atoms with Gasteiger partial charge in [0.25, 0.3) is 5.91 Å². The number of hydrogen-bond acceptors (Lipinski definition) is 7. The molecule has 4 heterocycles. The van der Waals surface area contributed by atoms with Crippen molar-refractivity contribution in [1.29, 1.82) is 0 Å². The number of piperidine rings is 1. The van der Waals surface area contributed by atoms with Crippen LogP contribution in [0.15, 0.2) is 67.1 Å². The van der Waals surface area contributed by atoms with Gasteiger partial charge in [-0.2, -0.15) is 5.10 Å². The molecular formula is C33H38F2N8O. The van der Waals surface area contributed by atoms with E-state index in [1.807, 2.05) is 23.1 Å². The molecule has 6 rings (SSSR count). The number of hydrogen-bond donors (Lipinski definition) is 2. The summed E-state index contributed by atoms with van der Waals surface area (Å²) in [5.41, 5.74) is 3.78. The Morgan fingerprint density at radius 2 is 1.82 bits per heavy atom. The van der Waals surface area contributed by atoms with Crippen LogP contribution in [0, 0.1) is 17.6 Å². The number of anilines is 3. The van der Waals surface area contributed by atoms with Crippen LogP contribution in [0.25, 0.3) is 11.3 Å². The van der Waals surface area contributed by atoms with Gasteiger partial charge in [-0.25, -0.2) is 18.7 Å². The minimum atomic E-state index is -0.816. The highest BCUT2D eigenvalue weighted by Crippen LogP contribution is 2.30. The summed E-state index contributed by atoms with van der Waals surface area (Å²) in [6.07, 6.45) is 9.15. The third-order valence-electron chi connectivity index (χ3n) is 8.67. The quantitative estimate of drug-likeness (QED) is 0.256. The van der Waals surface area contributed by atoms with Gasteiger partial charge >= 0.3 is 0 Å². The SMILES string of the molecule is CCC(CC1CCN(C(=O)c2ccc(F)cc2F)CC1)n1cc(-c2ccnc(Nc3ccc(N4CCNCC4)cc3)n2)cn1. The summed E-state index contributed by atoms with van der Waals surface area (Å²) in [5.74, 6) is -0.935. The molecule has 0 aliphatic carbocycles. The molecule has 2 N–H and O–H groups in total. The van der Waals surface area contributed by atoms with Crippen molar-refractivity contribution < 1.29 is 13.6 Å². The number of nitrogens with one attached hydrogen (secondary N) is 2. The fraction of sp³-hybridized carbons (Fsp3) is 0.394. The second-order valence-corrected chi connectivity index (χ2v) is 11.5. The zero-order valence-corrected chi connectivity index (χ0v) is 24.9. The highest BCUT2D eigenvalue weighted by Gasteiger charge is 2.27. The molecule has 4 aromatic rings. The molecule has 2 fully saturated rings. The lowest BCUT2D eigenvalue weighted by atomic mass is 9.89. The van der Waals surface area contributed by atoms with Crippen LogP contribution in [-0.4, -0.2) is 69.8 Å². The second-order valence-electron chi connectivity index (χ2n) is 11.5. The van der Waals surface area contributed by atoms with Crippen molar-refractivity contribution in [2.75, 3.05) is 49.5 Å². The Hall–Kier alpha value is -4.38. The Kier molecular flexibility index (Phi) is 9.11. The van der Waals surface area contributed by atoms with E-state index in [2.05, 4.69) is 56.8 Å². The molecule has 2 aromatic carbocycles. The maximum Gasteiger partial charge on any atom is 0.256 e. The van der Waals surface area contributed by atoms with E-state index in [1.165, 1.54) is 11.8 Å². The minimum Gasteiger partial charge on any atom is -0.369 e. The van der Waals surface area contributed by atoms with Gasteiger partial charge in [-0.1, -0.05) is 6.92 Å². The van der Waals surface area contributed by atoms with E-state index in [4.69, 9.17) is 4.98 Å². The Morgan fingerprint density at radius 1 is 1.05 bits per heavy atom. The average molecular weight is 601 g/mol. The van der Waals surface area contributed by atoms with Gasteiger partial charge in [-0.3, -0.25) is 9.48 Å². The molecule has 230 valence electrons. The third-order valence-corrected chi connectivity index (χ3v) is 8.67. The van der Waals surface area contributed by atoms with Crippen molar-refractivity contribution in [3.63, 3.8) is 0 Å². The van der Waals surface area contributed by atoms with Crippen LogP contribution < -0.4 is 15.5 Å². The summed E-state index contributed by atoms with van der Waals surface area (Å²) in [5, 5.41) is 11.4. The van der Waals surface area contributed by atoms with Gasteiger partial charge in [0, 0.05) is 74.7 Å². The van der Waals surface area contributed by atoms with E-state index in [0.717, 1.165) is 80.9 Å². The van der Waals surface area contributed by atoms with Crippen LogP contribution in [0.2, 0.25) is 0 Å². The molecule has 9 nitrogen and oxygen atoms in total. The summed E-state index contributed by atoms with van der Waals surface area (Å²) >= 11 is 0. The summed E-state index contributed by atoms with van der Waals surface area (Å²) in [7, 11) is 0. The van der Waals surface area contributed by atoms with Gasteiger partial charge in [0.2, 0.25) is 5.95 Å². The van der Waals surface area contributed by atoms with Crippen molar-refractivity contribution in [3.05, 3.63) is 84.3 Å². The lowest BCUT2D eigenvalue weighted by Gasteiger charge is -2.33. The number of halogens is 2. The standard InChI is InChI=1S/C33H38F2N8O/c1-2-27(19-23-10-15-42(16-11-23)32(44)29-8-3-25(34)20-30(29)35)43-22-24(21-38-43)31-9-12-37-33(40-31)39-26-4-6-28(7-5-26)41-17-13-36-14-18-41/h3-9,12,20-23,27,36H,2,10-11,13-19H2,1H3,(H,37,39,40). The minimum absolute atomic E-state index is 0.0767. The van der Waals surface area contributed by atoms with Crippen LogP contribution in [-0.2, 0) is 0 Å². The Labute approximate surface area is 256 Å². The van der Waals surface area contributed by atoms with Crippen LogP contribution in [0.1, 0.15) is 49.0 Å². The highest BCUT2D eigenvalue weighted by molar-refractivity contribution is 5.94. The summed E-state index contributed by atoms with van der Waals surface area (Å²) in [4.78, 5) is 26.0. The number of piperazine rings is 1. The maximum absolute atomic E-state index is 14.1. The van der Waals surface area contributed by atoms with Gasteiger partial charge in [0.05, 0.1) is 23.5 Å². The van der Waals surface area contributed by atoms with Crippen molar-refractivity contribution in [1.82, 2.24) is 30.0 Å². The van der Waals surface area contributed by atoms with Gasteiger partial charge in [-0.15, -0.1) is 0 Å². The Balaban J connectivity index is 1.05. The number of carbonyl (C=O) groups is 1. The molecule has 0 spiro atoms. The van der Waals surface area contributed by atoms with Gasteiger partial charge in [0.15, 0.2) is 0 Å². The zero-order valence-electron chi connectivity index (χ0n) is 24.9. The van der Waals surface area contributed by atoms with E-state index in [-0.39, 0.29) is 17.5 Å². The van der Waals surface area contributed by atoms with Gasteiger partial charge in [0.1, 0.15) is 11.6 Å². The first-order valence-electron chi connectivity index (χ1n) is 15.4. The molecule has 44 heavy (non-hydrogen) atoms. The van der Waals surface area contributed by atoms with Crippen molar-refractivity contribution in [2.24, 2.45) is 5.92 Å². The second kappa shape index (κ2) is 13.5. The van der Waals surface area contributed by atoms with Crippen LogP contribution in [0.4, 0.5) is 26.1 Å². The predicted molar refractivity (Wildman–Crippen MR) is 167 cm³/mol. The van der Waals surface area contributed by atoms with Gasteiger partial charge in [-0.05, 0) is 74.1 Å². The Morgan fingerprint density at radius 3 is 2.55 bits per heavy atom. The van der Waals surface area contributed by atoms with Crippen molar-refractivity contribution >= 4 is 23.2 Å². The molecule has 1 amide bonds. The summed E-state index contributed by atoms with van der Waals surface area (Å²) < 4.78 is 29.4. The van der Waals surface area contributed by atoms with Crippen molar-refractivity contribution in [3.8, 4) is 11.3 Å². The Bertz CT molecular complexity index is 1560. The smallest absolute Gasteiger partial charge is 0.256 e. The molecule has 2 aromatic heterocycles. The average Bonchev–Trinajstić information content (AvgIpc) is 3.55. The van der Waals surface area contributed by atoms with E-state index in [9.17, 15) is 13.6 Å². The van der Waals surface area contributed by atoms with E-state index >= 15 is 0 Å². The molecule has 0 radical (unpaired) electrons. The van der Waals surface area contributed by atoms with E-state index in [1.54, 1.807) is 11.1 Å². The third kappa shape index (κ3) is 6.88. The van der Waals surface area contributed by atoms with Crippen LogP contribution >= 0.6 is 0 Å². The molecule has 0 bridgehead atoms. The monoisotopic (exact) mass is 600 g/mol. The number of carbonyl (C=O) groups excluding carboxylic acids is 1. The predicted octanol–water partition coefficient (Wildman–Crippen LogP) is 5.67. The summed E-state index contributed by atoms with van der Waals surface area (Å²) in [6, 6.07) is 13.6. The maximum atomic E-state index is 14.1. The topological polar surface area (TPSA) is 91.2 Å². The normalized spacial score (nSPS) is 16.6. The highest BCUT2D eigenvalue weighted by atomic mass is 19.1. The van der Waals surface area contributed by atoms with Gasteiger partial charge < -0.3 is 20.4 Å². The number of nitrogens with zero attached hydrogens (tertiary/aromatic N) is 6. The molecular weight excluding hydrogens is 562 g/mol. The first kappa shape index (κ1) is 29.7. The summed E-state index contributed by atoms with van der Waals surface area (Å²) in [6.45, 7) is 7.27. The van der Waals surface area contributed by atoms with Crippen LogP contribution in [0.5, 0.6) is 0 Å². The number of benzene rings is 2. The molecule has 1 unspecified atom stereocenters. The number of aromatic nitrogens is 4. The molecule has 0 saturated carbocycles. The number of rotatable bonds is 9. The molecule has 11 heteroatoms. The molecule has 2 saturated heterocycles. The lowest BCUT2D eigenvalue weighted by Crippen LogP contribution is -2.43. The largest absolute Gasteiger partial charge is 0.369 e. The lowest BCUT2D eigenvalue weighted by molar-refractivity contribution is 0.0673. The fourth-order valence-electron chi connectivity index (χ4n) is 6.11. The fourth-order valence-corrected chi connectivity index (χ4v) is 6.11. The molecule has 2 aliphatic rings. The van der Waals surface area contributed by atoms with Crippen molar-refractivity contribution in [2.45, 2.75) is 38.6 Å². The first-order chi connectivity index (χ1) is 21.5. The van der Waals surface area contributed by atoms with E-state index in [0.29, 0.717) is 25.0 Å². The molecule has 1 atom stereocenters. The molecule has 2 aliphatic heterocycles. The zero-order chi connectivity index (χ0) is 30.5.